The van der Waals surface area contributed by atoms with E-state index in [1.165, 1.54) is 25.2 Å². The highest BCUT2D eigenvalue weighted by atomic mass is 16.5. The lowest BCUT2D eigenvalue weighted by Crippen LogP contribution is -2.19. The molecule has 0 aromatic heterocycles. The smallest absolute Gasteiger partial charge is 0.310 e. The van der Waals surface area contributed by atoms with Crippen molar-refractivity contribution in [3.63, 3.8) is 0 Å². The fraction of sp³-hybridized carbons (Fsp3) is 0.259. The molecule has 1 amide bonds. The van der Waals surface area contributed by atoms with Gasteiger partial charge in [0.2, 0.25) is 5.91 Å². The van der Waals surface area contributed by atoms with E-state index in [9.17, 15) is 9.59 Å². The molecule has 0 spiro atoms. The van der Waals surface area contributed by atoms with E-state index in [-0.39, 0.29) is 18.3 Å². The lowest BCUT2D eigenvalue weighted by atomic mass is 10.0. The third-order valence-corrected chi connectivity index (χ3v) is 5.23. The fourth-order valence-corrected chi connectivity index (χ4v) is 3.42. The van der Waals surface area contributed by atoms with Gasteiger partial charge in [-0.05, 0) is 46.4 Å². The van der Waals surface area contributed by atoms with Gasteiger partial charge in [-0.1, -0.05) is 61.5 Å². The monoisotopic (exact) mass is 431 g/mol. The molecule has 1 N–H and O–H groups in total. The summed E-state index contributed by atoms with van der Waals surface area (Å²) in [6, 6.07) is 22.4. The van der Waals surface area contributed by atoms with Gasteiger partial charge >= 0.3 is 5.97 Å². The molecule has 166 valence electrons. The number of carbonyl (C=O) groups excluding carboxylic acids is 2. The molecule has 3 aromatic carbocycles. The quantitative estimate of drug-likeness (QED) is 0.492. The number of hydrogen-bond acceptors (Lipinski definition) is 4. The van der Waals surface area contributed by atoms with Crippen LogP contribution < -0.4 is 10.1 Å². The SMILES string of the molecule is CCc1cccc(-c2cccc(COc3cc(CNC(C)=O)ccc3CC(=O)OC)c2)c1. The molecular formula is C27H29NO4. The molecule has 0 atom stereocenters. The van der Waals surface area contributed by atoms with Gasteiger partial charge in [-0.25, -0.2) is 0 Å². The number of amides is 1. The number of rotatable bonds is 9. The highest BCUT2D eigenvalue weighted by Gasteiger charge is 2.12. The van der Waals surface area contributed by atoms with Gasteiger partial charge in [0.05, 0.1) is 13.5 Å². The summed E-state index contributed by atoms with van der Waals surface area (Å²) >= 11 is 0. The third kappa shape index (κ3) is 6.45. The van der Waals surface area contributed by atoms with Gasteiger partial charge in [0.25, 0.3) is 0 Å². The van der Waals surface area contributed by atoms with E-state index in [1.54, 1.807) is 0 Å². The summed E-state index contributed by atoms with van der Waals surface area (Å²) in [7, 11) is 1.37. The van der Waals surface area contributed by atoms with Crippen molar-refractivity contribution >= 4 is 11.9 Å². The zero-order chi connectivity index (χ0) is 22.9. The number of esters is 1. The number of nitrogens with one attached hydrogen (secondary N) is 1. The summed E-state index contributed by atoms with van der Waals surface area (Å²) in [6.45, 7) is 4.38. The zero-order valence-electron chi connectivity index (χ0n) is 18.8. The Kier molecular flexibility index (Phi) is 8.03. The second-order valence-corrected chi connectivity index (χ2v) is 7.65. The topological polar surface area (TPSA) is 64.6 Å². The first kappa shape index (κ1) is 23.1. The van der Waals surface area contributed by atoms with Crippen molar-refractivity contribution in [3.05, 3.63) is 89.0 Å². The van der Waals surface area contributed by atoms with Crippen LogP contribution in [0.5, 0.6) is 5.75 Å². The van der Waals surface area contributed by atoms with Crippen LogP contribution in [0, 0.1) is 0 Å². The normalized spacial score (nSPS) is 10.5. The highest BCUT2D eigenvalue weighted by molar-refractivity contribution is 5.74. The molecule has 5 heteroatoms. The molecule has 0 aliphatic rings. The minimum atomic E-state index is -0.331. The van der Waals surface area contributed by atoms with Crippen LogP contribution >= 0.6 is 0 Å². The minimum absolute atomic E-state index is 0.102. The number of hydrogen-bond donors (Lipinski definition) is 1. The first-order valence-corrected chi connectivity index (χ1v) is 10.7. The Morgan fingerprint density at radius 3 is 2.22 bits per heavy atom. The first-order chi connectivity index (χ1) is 15.5. The van der Waals surface area contributed by atoms with Crippen LogP contribution in [0.25, 0.3) is 11.1 Å². The third-order valence-electron chi connectivity index (χ3n) is 5.23. The molecule has 0 bridgehead atoms. The molecule has 32 heavy (non-hydrogen) atoms. The maximum atomic E-state index is 11.8. The number of ether oxygens (including phenoxy) is 2. The van der Waals surface area contributed by atoms with E-state index in [0.29, 0.717) is 18.9 Å². The van der Waals surface area contributed by atoms with Gasteiger partial charge in [-0.3, -0.25) is 9.59 Å². The average molecular weight is 432 g/mol. The van der Waals surface area contributed by atoms with E-state index < -0.39 is 0 Å². The predicted molar refractivity (Wildman–Crippen MR) is 125 cm³/mol. The van der Waals surface area contributed by atoms with Gasteiger partial charge in [0.15, 0.2) is 0 Å². The van der Waals surface area contributed by atoms with Crippen molar-refractivity contribution in [1.29, 1.82) is 0 Å². The van der Waals surface area contributed by atoms with Crippen molar-refractivity contribution in [2.24, 2.45) is 0 Å². The number of carbonyl (C=O) groups is 2. The van der Waals surface area contributed by atoms with Crippen LogP contribution in [0.2, 0.25) is 0 Å². The van der Waals surface area contributed by atoms with Gasteiger partial charge in [0.1, 0.15) is 12.4 Å². The Labute approximate surface area is 189 Å². The summed E-state index contributed by atoms with van der Waals surface area (Å²) in [5, 5.41) is 2.78. The summed E-state index contributed by atoms with van der Waals surface area (Å²) in [5.41, 5.74) is 6.28. The molecule has 3 rings (SSSR count). The van der Waals surface area contributed by atoms with Crippen molar-refractivity contribution in [2.45, 2.75) is 39.8 Å². The molecule has 0 saturated heterocycles. The van der Waals surface area contributed by atoms with Crippen LogP contribution in [-0.2, 0) is 40.3 Å². The van der Waals surface area contributed by atoms with Crippen LogP contribution in [0.15, 0.2) is 66.7 Å². The molecule has 0 unspecified atom stereocenters. The summed E-state index contributed by atoms with van der Waals surface area (Å²) in [5.74, 6) is 0.175. The Balaban J connectivity index is 1.80. The van der Waals surface area contributed by atoms with Gasteiger partial charge in [-0.15, -0.1) is 0 Å². The number of aryl methyl sites for hydroxylation is 1. The predicted octanol–water partition coefficient (Wildman–Crippen LogP) is 4.85. The number of benzene rings is 3. The van der Waals surface area contributed by atoms with E-state index in [0.717, 1.165) is 28.7 Å². The van der Waals surface area contributed by atoms with Crippen molar-refractivity contribution in [3.8, 4) is 16.9 Å². The minimum Gasteiger partial charge on any atom is -0.489 e. The Morgan fingerprint density at radius 1 is 0.875 bits per heavy atom. The van der Waals surface area contributed by atoms with Crippen LogP contribution in [0.3, 0.4) is 0 Å². The second-order valence-electron chi connectivity index (χ2n) is 7.65. The van der Waals surface area contributed by atoms with Gasteiger partial charge in [-0.2, -0.15) is 0 Å². The molecule has 0 heterocycles. The maximum absolute atomic E-state index is 11.8. The Morgan fingerprint density at radius 2 is 1.56 bits per heavy atom. The second kappa shape index (κ2) is 11.1. The van der Waals surface area contributed by atoms with E-state index in [1.807, 2.05) is 30.3 Å². The fourth-order valence-electron chi connectivity index (χ4n) is 3.42. The van der Waals surface area contributed by atoms with Gasteiger partial charge < -0.3 is 14.8 Å². The molecule has 5 nitrogen and oxygen atoms in total. The summed E-state index contributed by atoms with van der Waals surface area (Å²) < 4.78 is 10.9. The Bertz CT molecular complexity index is 1090. The van der Waals surface area contributed by atoms with E-state index in [4.69, 9.17) is 9.47 Å². The lowest BCUT2D eigenvalue weighted by Gasteiger charge is -2.14. The highest BCUT2D eigenvalue weighted by Crippen LogP contribution is 2.25. The van der Waals surface area contributed by atoms with E-state index >= 15 is 0 Å². The molecular weight excluding hydrogens is 402 g/mol. The van der Waals surface area contributed by atoms with Crippen molar-refractivity contribution in [2.75, 3.05) is 7.11 Å². The zero-order valence-corrected chi connectivity index (χ0v) is 18.8. The first-order valence-electron chi connectivity index (χ1n) is 10.7. The molecule has 0 fully saturated rings. The number of methoxy groups -OCH3 is 1. The summed E-state index contributed by atoms with van der Waals surface area (Å²) in [6.07, 6.45) is 1.12. The van der Waals surface area contributed by atoms with Crippen molar-refractivity contribution < 1.29 is 19.1 Å². The molecule has 0 aliphatic heterocycles. The molecule has 0 saturated carbocycles. The van der Waals surface area contributed by atoms with E-state index in [2.05, 4.69) is 48.6 Å². The van der Waals surface area contributed by atoms with Crippen LogP contribution in [0.4, 0.5) is 0 Å². The van der Waals surface area contributed by atoms with Crippen LogP contribution in [-0.4, -0.2) is 19.0 Å². The summed E-state index contributed by atoms with van der Waals surface area (Å²) in [4.78, 5) is 23.1. The average Bonchev–Trinajstić information content (AvgIpc) is 2.82. The maximum Gasteiger partial charge on any atom is 0.310 e. The molecule has 0 radical (unpaired) electrons. The van der Waals surface area contributed by atoms with Crippen molar-refractivity contribution in [1.82, 2.24) is 5.32 Å². The Hall–Kier alpha value is -3.60. The molecule has 3 aromatic rings. The van der Waals surface area contributed by atoms with Crippen LogP contribution in [0.1, 0.15) is 36.1 Å². The molecule has 0 aliphatic carbocycles. The van der Waals surface area contributed by atoms with Gasteiger partial charge in [0, 0.05) is 19.0 Å². The lowest BCUT2D eigenvalue weighted by molar-refractivity contribution is -0.139. The largest absolute Gasteiger partial charge is 0.489 e. The standard InChI is InChI=1S/C27H29NO4/c1-4-20-7-5-9-23(13-20)24-10-6-8-22(14-24)18-32-26-15-21(17-28-19(2)29)11-12-25(26)16-27(30)31-3/h5-15H,4,16-18H2,1-3H3,(H,28,29).